The zero-order chi connectivity index (χ0) is 24.0. The van der Waals surface area contributed by atoms with Crippen LogP contribution in [0.4, 0.5) is 0 Å². The minimum Gasteiger partial charge on any atom is -0.494 e. The zero-order valence-electron chi connectivity index (χ0n) is 19.0. The summed E-state index contributed by atoms with van der Waals surface area (Å²) in [5, 5.41) is 0. The van der Waals surface area contributed by atoms with Crippen LogP contribution in [-0.4, -0.2) is 61.3 Å². The fourth-order valence-electron chi connectivity index (χ4n) is 3.69. The first-order chi connectivity index (χ1) is 16.5. The molecule has 4 rings (SSSR count). The summed E-state index contributed by atoms with van der Waals surface area (Å²) >= 11 is 0. The van der Waals surface area contributed by atoms with Gasteiger partial charge in [-0.15, -0.1) is 0 Å². The quantitative estimate of drug-likeness (QED) is 0.491. The summed E-state index contributed by atoms with van der Waals surface area (Å²) in [6, 6.07) is 19.4. The summed E-state index contributed by atoms with van der Waals surface area (Å²) in [6.07, 6.45) is 1.54. The lowest BCUT2D eigenvalue weighted by atomic mass is 10.2. The molecule has 1 fully saturated rings. The maximum Gasteiger partial charge on any atom is 0.254 e. The molecule has 0 unspecified atom stereocenters. The lowest BCUT2D eigenvalue weighted by molar-refractivity contribution is 0.0697. The van der Waals surface area contributed by atoms with E-state index in [0.717, 1.165) is 5.56 Å². The Kier molecular flexibility index (Phi) is 7.44. The van der Waals surface area contributed by atoms with Gasteiger partial charge in [0.15, 0.2) is 0 Å². The number of ether oxygens (including phenoxy) is 2. The fourth-order valence-corrected chi connectivity index (χ4v) is 5.11. The molecule has 1 aliphatic rings. The predicted octanol–water partition coefficient (Wildman–Crippen LogP) is 3.21. The van der Waals surface area contributed by atoms with Gasteiger partial charge in [0.2, 0.25) is 15.9 Å². The second-order valence-electron chi connectivity index (χ2n) is 7.76. The second-order valence-corrected chi connectivity index (χ2v) is 9.70. The van der Waals surface area contributed by atoms with Crippen LogP contribution in [0.15, 0.2) is 77.8 Å². The highest BCUT2D eigenvalue weighted by molar-refractivity contribution is 7.89. The molecule has 1 saturated heterocycles. The molecule has 0 N–H and O–H groups in total. The number of sulfonamides is 1. The van der Waals surface area contributed by atoms with E-state index in [1.165, 1.54) is 4.31 Å². The van der Waals surface area contributed by atoms with E-state index in [1.807, 2.05) is 37.3 Å². The van der Waals surface area contributed by atoms with E-state index in [-0.39, 0.29) is 23.9 Å². The smallest absolute Gasteiger partial charge is 0.254 e. The number of piperazine rings is 1. The maximum atomic E-state index is 13.0. The van der Waals surface area contributed by atoms with Crippen molar-refractivity contribution < 1.29 is 22.7 Å². The third kappa shape index (κ3) is 5.55. The minimum atomic E-state index is -3.64. The van der Waals surface area contributed by atoms with Gasteiger partial charge in [0, 0.05) is 44.0 Å². The van der Waals surface area contributed by atoms with Gasteiger partial charge in [-0.1, -0.05) is 30.3 Å². The highest BCUT2D eigenvalue weighted by atomic mass is 32.2. The number of nitrogens with zero attached hydrogens (tertiary/aromatic N) is 3. The van der Waals surface area contributed by atoms with Crippen LogP contribution < -0.4 is 9.47 Å². The van der Waals surface area contributed by atoms with Crippen molar-refractivity contribution >= 4 is 15.9 Å². The van der Waals surface area contributed by atoms with E-state index in [9.17, 15) is 13.2 Å². The Morgan fingerprint density at radius 3 is 2.32 bits per heavy atom. The van der Waals surface area contributed by atoms with Crippen LogP contribution in [0.25, 0.3) is 0 Å². The number of carbonyl (C=O) groups is 1. The summed E-state index contributed by atoms with van der Waals surface area (Å²) < 4.78 is 38.5. The first kappa shape index (κ1) is 23.7. The number of benzene rings is 2. The van der Waals surface area contributed by atoms with E-state index >= 15 is 0 Å². The van der Waals surface area contributed by atoms with Crippen LogP contribution in [0.1, 0.15) is 22.8 Å². The van der Waals surface area contributed by atoms with E-state index in [1.54, 1.807) is 47.5 Å². The van der Waals surface area contributed by atoms with Crippen molar-refractivity contribution in [3.05, 3.63) is 84.1 Å². The van der Waals surface area contributed by atoms with Crippen molar-refractivity contribution in [1.82, 2.24) is 14.2 Å². The van der Waals surface area contributed by atoms with Gasteiger partial charge in [0.05, 0.1) is 11.5 Å². The molecule has 9 heteroatoms. The van der Waals surface area contributed by atoms with Crippen molar-refractivity contribution in [1.29, 1.82) is 0 Å². The normalized spacial score (nSPS) is 14.6. The van der Waals surface area contributed by atoms with Gasteiger partial charge in [0.1, 0.15) is 12.4 Å². The molecule has 1 aliphatic heterocycles. The molecule has 0 aliphatic carbocycles. The molecule has 34 heavy (non-hydrogen) atoms. The summed E-state index contributed by atoms with van der Waals surface area (Å²) in [4.78, 5) is 19.1. The summed E-state index contributed by atoms with van der Waals surface area (Å²) in [6.45, 7) is 3.80. The van der Waals surface area contributed by atoms with Gasteiger partial charge in [-0.3, -0.25) is 4.79 Å². The molecule has 8 nitrogen and oxygen atoms in total. The summed E-state index contributed by atoms with van der Waals surface area (Å²) in [5.41, 5.74) is 1.46. The number of pyridine rings is 1. The number of rotatable bonds is 8. The lowest BCUT2D eigenvalue weighted by Gasteiger charge is -2.34. The zero-order valence-corrected chi connectivity index (χ0v) is 19.8. The molecular formula is C25H27N3O5S. The van der Waals surface area contributed by atoms with Crippen molar-refractivity contribution in [2.24, 2.45) is 0 Å². The number of hydrogen-bond acceptors (Lipinski definition) is 6. The number of carbonyl (C=O) groups excluding carboxylic acids is 1. The van der Waals surface area contributed by atoms with Gasteiger partial charge >= 0.3 is 0 Å². The number of hydrogen-bond donors (Lipinski definition) is 0. The molecular weight excluding hydrogens is 454 g/mol. The van der Waals surface area contributed by atoms with E-state index < -0.39 is 10.0 Å². The molecule has 178 valence electrons. The summed E-state index contributed by atoms with van der Waals surface area (Å²) in [5.74, 6) is 0.817. The average Bonchev–Trinajstić information content (AvgIpc) is 2.88. The third-order valence-electron chi connectivity index (χ3n) is 5.51. The predicted molar refractivity (Wildman–Crippen MR) is 127 cm³/mol. The molecule has 2 aromatic carbocycles. The molecule has 1 aromatic heterocycles. The fraction of sp³-hybridized carbons (Fsp3) is 0.280. The van der Waals surface area contributed by atoms with Gasteiger partial charge in [0.25, 0.3) is 5.91 Å². The minimum absolute atomic E-state index is 0.176. The van der Waals surface area contributed by atoms with E-state index in [0.29, 0.717) is 43.5 Å². The van der Waals surface area contributed by atoms with Crippen molar-refractivity contribution in [3.63, 3.8) is 0 Å². The molecule has 0 bridgehead atoms. The van der Waals surface area contributed by atoms with Crippen LogP contribution in [0.5, 0.6) is 11.6 Å². The monoisotopic (exact) mass is 481 g/mol. The number of amides is 1. The Morgan fingerprint density at radius 1 is 0.941 bits per heavy atom. The SMILES string of the molecule is CCOc1ccc(S(=O)(=O)N2CCN(C(=O)c3ccnc(OCc4ccccc4)c3)CC2)cc1. The van der Waals surface area contributed by atoms with Crippen molar-refractivity contribution in [3.8, 4) is 11.6 Å². The van der Waals surface area contributed by atoms with Gasteiger partial charge in [-0.05, 0) is 42.8 Å². The third-order valence-corrected chi connectivity index (χ3v) is 7.42. The summed E-state index contributed by atoms with van der Waals surface area (Å²) in [7, 11) is -3.64. The first-order valence-corrected chi connectivity index (χ1v) is 12.6. The van der Waals surface area contributed by atoms with Crippen molar-refractivity contribution in [2.45, 2.75) is 18.4 Å². The van der Waals surface area contributed by atoms with Crippen LogP contribution in [0.2, 0.25) is 0 Å². The maximum absolute atomic E-state index is 13.0. The lowest BCUT2D eigenvalue weighted by Crippen LogP contribution is -2.50. The Labute approximate surface area is 199 Å². The van der Waals surface area contributed by atoms with Gasteiger partial charge in [-0.25, -0.2) is 13.4 Å². The molecule has 0 saturated carbocycles. The molecule has 3 aromatic rings. The highest BCUT2D eigenvalue weighted by Crippen LogP contribution is 2.22. The van der Waals surface area contributed by atoms with Crippen molar-refractivity contribution in [2.75, 3.05) is 32.8 Å². The van der Waals surface area contributed by atoms with Crippen LogP contribution in [0.3, 0.4) is 0 Å². The Hall–Kier alpha value is -3.43. The molecule has 0 atom stereocenters. The van der Waals surface area contributed by atoms with Crippen LogP contribution in [0, 0.1) is 0 Å². The average molecular weight is 482 g/mol. The topological polar surface area (TPSA) is 89.0 Å². The second kappa shape index (κ2) is 10.7. The Balaban J connectivity index is 1.36. The number of aromatic nitrogens is 1. The molecule has 0 radical (unpaired) electrons. The van der Waals surface area contributed by atoms with Crippen LogP contribution in [-0.2, 0) is 16.6 Å². The first-order valence-electron chi connectivity index (χ1n) is 11.1. The largest absolute Gasteiger partial charge is 0.494 e. The standard InChI is InChI=1S/C25H27N3O5S/c1-2-32-22-8-10-23(11-9-22)34(30,31)28-16-14-27(15-17-28)25(29)21-12-13-26-24(18-21)33-19-20-6-4-3-5-7-20/h3-13,18H,2,14-17,19H2,1H3. The molecule has 0 spiro atoms. The Morgan fingerprint density at radius 2 is 1.65 bits per heavy atom. The van der Waals surface area contributed by atoms with Crippen LogP contribution >= 0.6 is 0 Å². The van der Waals surface area contributed by atoms with E-state index in [2.05, 4.69) is 4.98 Å². The Bertz CT molecular complexity index is 1210. The molecule has 1 amide bonds. The van der Waals surface area contributed by atoms with E-state index in [4.69, 9.17) is 9.47 Å². The van der Waals surface area contributed by atoms with Gasteiger partial charge < -0.3 is 14.4 Å². The molecule has 2 heterocycles. The van der Waals surface area contributed by atoms with Gasteiger partial charge in [-0.2, -0.15) is 4.31 Å². The highest BCUT2D eigenvalue weighted by Gasteiger charge is 2.30.